The van der Waals surface area contributed by atoms with Gasteiger partial charge in [0.2, 0.25) is 5.91 Å². The van der Waals surface area contributed by atoms with E-state index in [-0.39, 0.29) is 5.91 Å². The van der Waals surface area contributed by atoms with Gasteiger partial charge in [-0.05, 0) is 43.5 Å². The van der Waals surface area contributed by atoms with Gasteiger partial charge < -0.3 is 9.47 Å². The Morgan fingerprint density at radius 2 is 2.00 bits per heavy atom. The average molecular weight is 309 g/mol. The van der Waals surface area contributed by atoms with Gasteiger partial charge in [0.05, 0.1) is 6.54 Å². The van der Waals surface area contributed by atoms with Crippen LogP contribution in [-0.2, 0) is 17.8 Å². The summed E-state index contributed by atoms with van der Waals surface area (Å²) in [5, 5.41) is 0. The molecule has 0 bridgehead atoms. The minimum atomic E-state index is 0.226. The highest BCUT2D eigenvalue weighted by Gasteiger charge is 2.28. The molecule has 3 heterocycles. The Balaban J connectivity index is 1.51. The number of amides is 1. The number of anilines is 1. The number of rotatable bonds is 2. The van der Waals surface area contributed by atoms with Crippen LogP contribution in [0.15, 0.2) is 42.6 Å². The van der Waals surface area contributed by atoms with Crippen LogP contribution in [0.5, 0.6) is 0 Å². The predicted octanol–water partition coefficient (Wildman–Crippen LogP) is 2.84. The van der Waals surface area contributed by atoms with Crippen molar-refractivity contribution in [2.75, 3.05) is 24.5 Å². The van der Waals surface area contributed by atoms with Crippen LogP contribution in [-0.4, -0.2) is 35.0 Å². The quantitative estimate of drug-likeness (QED) is 0.853. The van der Waals surface area contributed by atoms with Gasteiger partial charge in [0.15, 0.2) is 0 Å². The molecule has 2 aromatic rings. The van der Waals surface area contributed by atoms with Gasteiger partial charge in [-0.1, -0.05) is 18.2 Å². The van der Waals surface area contributed by atoms with Crippen molar-refractivity contribution in [3.8, 4) is 0 Å². The maximum atomic E-state index is 12.9. The molecule has 4 rings (SSSR count). The Kier molecular flexibility index (Phi) is 3.69. The number of benzene rings is 1. The Morgan fingerprint density at radius 3 is 2.91 bits per heavy atom. The summed E-state index contributed by atoms with van der Waals surface area (Å²) < 4.78 is 2.29. The lowest BCUT2D eigenvalue weighted by molar-refractivity contribution is -0.120. The van der Waals surface area contributed by atoms with E-state index in [1.807, 2.05) is 11.0 Å². The van der Waals surface area contributed by atoms with Gasteiger partial charge in [0, 0.05) is 43.3 Å². The molecule has 1 amide bonds. The van der Waals surface area contributed by atoms with E-state index in [0.717, 1.165) is 38.2 Å². The third-order valence-electron chi connectivity index (χ3n) is 5.22. The number of fused-ring (bicyclic) bond motifs is 2. The van der Waals surface area contributed by atoms with E-state index in [9.17, 15) is 4.79 Å². The number of nitrogens with zero attached hydrogens (tertiary/aromatic N) is 3. The summed E-state index contributed by atoms with van der Waals surface area (Å²) >= 11 is 0. The zero-order valence-electron chi connectivity index (χ0n) is 13.6. The molecule has 23 heavy (non-hydrogen) atoms. The normalized spacial score (nSPS) is 20.9. The van der Waals surface area contributed by atoms with Crippen molar-refractivity contribution in [2.45, 2.75) is 32.4 Å². The lowest BCUT2D eigenvalue weighted by Gasteiger charge is -2.37. The van der Waals surface area contributed by atoms with Gasteiger partial charge in [-0.15, -0.1) is 0 Å². The van der Waals surface area contributed by atoms with Gasteiger partial charge in [-0.3, -0.25) is 9.69 Å². The Labute approximate surface area is 137 Å². The van der Waals surface area contributed by atoms with Crippen LogP contribution in [0.3, 0.4) is 0 Å². The highest BCUT2D eigenvalue weighted by Crippen LogP contribution is 2.29. The fourth-order valence-corrected chi connectivity index (χ4v) is 3.89. The second-order valence-electron chi connectivity index (χ2n) is 6.55. The van der Waals surface area contributed by atoms with Crippen molar-refractivity contribution >= 4 is 11.6 Å². The van der Waals surface area contributed by atoms with Gasteiger partial charge in [-0.25, -0.2) is 0 Å². The molecule has 2 aliphatic rings. The number of carbonyl (C=O) groups is 1. The molecule has 0 saturated heterocycles. The minimum absolute atomic E-state index is 0.226. The lowest BCUT2D eigenvalue weighted by Crippen LogP contribution is -2.46. The third kappa shape index (κ3) is 2.57. The Morgan fingerprint density at radius 1 is 1.13 bits per heavy atom. The molecule has 0 saturated carbocycles. The van der Waals surface area contributed by atoms with E-state index in [1.165, 1.54) is 11.3 Å². The van der Waals surface area contributed by atoms with Crippen LogP contribution >= 0.6 is 0 Å². The van der Waals surface area contributed by atoms with Crippen molar-refractivity contribution in [3.05, 3.63) is 53.9 Å². The molecule has 0 fully saturated rings. The van der Waals surface area contributed by atoms with Crippen LogP contribution in [0.4, 0.5) is 5.69 Å². The molecule has 120 valence electrons. The van der Waals surface area contributed by atoms with Crippen LogP contribution in [0, 0.1) is 0 Å². The molecular formula is C19H23N3O. The molecule has 1 unspecified atom stereocenters. The molecular weight excluding hydrogens is 286 g/mol. The molecule has 1 atom stereocenters. The first-order valence-electron chi connectivity index (χ1n) is 8.51. The van der Waals surface area contributed by atoms with Crippen LogP contribution in [0.2, 0.25) is 0 Å². The summed E-state index contributed by atoms with van der Waals surface area (Å²) in [7, 11) is 0. The molecule has 4 nitrogen and oxygen atoms in total. The minimum Gasteiger partial charge on any atom is -0.349 e. The number of para-hydroxylation sites is 1. The molecule has 0 aliphatic carbocycles. The van der Waals surface area contributed by atoms with E-state index in [4.69, 9.17) is 0 Å². The van der Waals surface area contributed by atoms with Crippen LogP contribution in [0.25, 0.3) is 0 Å². The number of hydrogen-bond acceptors (Lipinski definition) is 2. The van der Waals surface area contributed by atoms with Gasteiger partial charge in [0.1, 0.15) is 0 Å². The van der Waals surface area contributed by atoms with E-state index < -0.39 is 0 Å². The summed E-state index contributed by atoms with van der Waals surface area (Å²) in [6.07, 6.45) is 4.26. The number of carbonyl (C=O) groups excluding carboxylic acids is 1. The Hall–Kier alpha value is -2.07. The van der Waals surface area contributed by atoms with E-state index in [2.05, 4.69) is 52.9 Å². The molecule has 4 heteroatoms. The van der Waals surface area contributed by atoms with E-state index in [1.54, 1.807) is 0 Å². The molecule has 1 aromatic heterocycles. The number of hydrogen-bond donors (Lipinski definition) is 0. The largest absolute Gasteiger partial charge is 0.349 e. The van der Waals surface area contributed by atoms with Gasteiger partial charge >= 0.3 is 0 Å². The van der Waals surface area contributed by atoms with E-state index >= 15 is 0 Å². The molecule has 2 aliphatic heterocycles. The molecule has 0 spiro atoms. The highest BCUT2D eigenvalue weighted by atomic mass is 16.2. The SMILES string of the molecule is CC1c2cccn2CCN1CC(=O)N1CCCc2ccccc21. The van der Waals surface area contributed by atoms with Crippen LogP contribution in [0.1, 0.15) is 30.6 Å². The Bertz CT molecular complexity index is 721. The smallest absolute Gasteiger partial charge is 0.241 e. The molecule has 0 N–H and O–H groups in total. The zero-order valence-corrected chi connectivity index (χ0v) is 13.6. The summed E-state index contributed by atoms with van der Waals surface area (Å²) in [6.45, 7) is 5.44. The van der Waals surface area contributed by atoms with Crippen LogP contribution < -0.4 is 4.90 Å². The highest BCUT2D eigenvalue weighted by molar-refractivity contribution is 5.96. The summed E-state index contributed by atoms with van der Waals surface area (Å²) in [5.41, 5.74) is 3.72. The predicted molar refractivity (Wildman–Crippen MR) is 91.5 cm³/mol. The average Bonchev–Trinajstić information content (AvgIpc) is 3.06. The summed E-state index contributed by atoms with van der Waals surface area (Å²) in [5.74, 6) is 0.226. The first-order chi connectivity index (χ1) is 11.2. The standard InChI is InChI=1S/C19H23N3O/c1-15-17-9-5-10-20(17)12-13-21(15)14-19(23)22-11-4-7-16-6-2-3-8-18(16)22/h2-3,5-6,8-10,15H,4,7,11-14H2,1H3. The first kappa shape index (κ1) is 14.5. The molecule has 1 aromatic carbocycles. The second-order valence-corrected chi connectivity index (χ2v) is 6.55. The van der Waals surface area contributed by atoms with Gasteiger partial charge in [0.25, 0.3) is 0 Å². The maximum absolute atomic E-state index is 12.9. The third-order valence-corrected chi connectivity index (χ3v) is 5.22. The lowest BCUT2D eigenvalue weighted by atomic mass is 10.0. The maximum Gasteiger partial charge on any atom is 0.241 e. The number of aryl methyl sites for hydroxylation is 1. The van der Waals surface area contributed by atoms with Gasteiger partial charge in [-0.2, -0.15) is 0 Å². The van der Waals surface area contributed by atoms with Crippen molar-refractivity contribution in [3.63, 3.8) is 0 Å². The monoisotopic (exact) mass is 309 g/mol. The summed E-state index contributed by atoms with van der Waals surface area (Å²) in [4.78, 5) is 17.2. The zero-order chi connectivity index (χ0) is 15.8. The summed E-state index contributed by atoms with van der Waals surface area (Å²) in [6, 6.07) is 12.9. The fraction of sp³-hybridized carbons (Fsp3) is 0.421. The topological polar surface area (TPSA) is 28.5 Å². The molecule has 0 radical (unpaired) electrons. The van der Waals surface area contributed by atoms with E-state index in [0.29, 0.717) is 12.6 Å². The van der Waals surface area contributed by atoms with Crippen molar-refractivity contribution in [2.24, 2.45) is 0 Å². The second kappa shape index (κ2) is 5.85. The van der Waals surface area contributed by atoms with Crippen molar-refractivity contribution in [1.82, 2.24) is 9.47 Å². The van der Waals surface area contributed by atoms with Crippen molar-refractivity contribution < 1.29 is 4.79 Å². The van der Waals surface area contributed by atoms with Crippen molar-refractivity contribution in [1.29, 1.82) is 0 Å². The fourth-order valence-electron chi connectivity index (χ4n) is 3.89. The number of aromatic nitrogens is 1. The first-order valence-corrected chi connectivity index (χ1v) is 8.51.